The van der Waals surface area contributed by atoms with E-state index in [1.54, 1.807) is 11.8 Å². The molecule has 1 N–H and O–H groups in total. The van der Waals surface area contributed by atoms with Crippen molar-refractivity contribution < 1.29 is 9.32 Å². The summed E-state index contributed by atoms with van der Waals surface area (Å²) >= 11 is 2.96. The van der Waals surface area contributed by atoms with E-state index >= 15 is 0 Å². The minimum absolute atomic E-state index is 0.156. The molecule has 0 aliphatic rings. The van der Waals surface area contributed by atoms with Crippen LogP contribution in [0.1, 0.15) is 27.5 Å². The van der Waals surface area contributed by atoms with Crippen molar-refractivity contribution in [2.75, 3.05) is 5.32 Å². The molecule has 0 aliphatic heterocycles. The molecule has 1 aromatic carbocycles. The second-order valence-corrected chi connectivity index (χ2v) is 6.84. The van der Waals surface area contributed by atoms with Crippen molar-refractivity contribution in [2.45, 2.75) is 24.5 Å². The van der Waals surface area contributed by atoms with E-state index in [0.717, 1.165) is 22.0 Å². The van der Waals surface area contributed by atoms with Gasteiger partial charge in [0.2, 0.25) is 0 Å². The van der Waals surface area contributed by atoms with E-state index < -0.39 is 0 Å². The van der Waals surface area contributed by atoms with Gasteiger partial charge < -0.3 is 4.52 Å². The zero-order valence-electron chi connectivity index (χ0n) is 12.7. The van der Waals surface area contributed by atoms with E-state index in [1.807, 2.05) is 49.6 Å². The summed E-state index contributed by atoms with van der Waals surface area (Å²) in [5.74, 6) is 1.26. The maximum absolute atomic E-state index is 12.5. The van der Waals surface area contributed by atoms with Gasteiger partial charge in [0.15, 0.2) is 5.13 Å². The Bertz CT molecular complexity index is 826. The van der Waals surface area contributed by atoms with Gasteiger partial charge in [0.1, 0.15) is 5.76 Å². The molecule has 0 fully saturated rings. The number of aromatic nitrogens is 2. The van der Waals surface area contributed by atoms with Gasteiger partial charge >= 0.3 is 0 Å². The Hall–Kier alpha value is -2.12. The highest BCUT2D eigenvalue weighted by molar-refractivity contribution is 7.98. The molecule has 0 saturated heterocycles. The van der Waals surface area contributed by atoms with Crippen molar-refractivity contribution in [3.63, 3.8) is 0 Å². The molecule has 3 rings (SSSR count). The van der Waals surface area contributed by atoms with E-state index in [2.05, 4.69) is 15.5 Å². The van der Waals surface area contributed by atoms with Crippen LogP contribution < -0.4 is 5.32 Å². The number of rotatable bonds is 5. The van der Waals surface area contributed by atoms with Crippen molar-refractivity contribution in [3.05, 3.63) is 58.4 Å². The average molecular weight is 345 g/mol. The second kappa shape index (κ2) is 6.97. The molecule has 0 unspecified atom stereocenters. The zero-order chi connectivity index (χ0) is 16.2. The molecule has 1 amide bonds. The standard InChI is InChI=1S/C16H15N3O2S2/c1-10-7-12(21-19-10)9-22-14-6-4-3-5-13(14)15(20)18-16-17-11(2)8-23-16/h3-8H,9H2,1-2H3,(H,17,18,20). The van der Waals surface area contributed by atoms with Crippen molar-refractivity contribution in [3.8, 4) is 0 Å². The molecule has 0 bridgehead atoms. The molecule has 2 aromatic heterocycles. The molecule has 5 nitrogen and oxygen atoms in total. The Morgan fingerprint density at radius 3 is 2.83 bits per heavy atom. The van der Waals surface area contributed by atoms with Crippen molar-refractivity contribution in [1.29, 1.82) is 0 Å². The fourth-order valence-electron chi connectivity index (χ4n) is 1.99. The first-order chi connectivity index (χ1) is 11.1. The van der Waals surface area contributed by atoms with Gasteiger partial charge in [0, 0.05) is 16.3 Å². The predicted octanol–water partition coefficient (Wildman–Crippen LogP) is 4.29. The first kappa shape index (κ1) is 15.8. The molecule has 7 heteroatoms. The van der Waals surface area contributed by atoms with Crippen LogP contribution in [-0.2, 0) is 5.75 Å². The monoisotopic (exact) mass is 345 g/mol. The van der Waals surface area contributed by atoms with Crippen LogP contribution in [0.15, 0.2) is 45.1 Å². The van der Waals surface area contributed by atoms with Crippen LogP contribution >= 0.6 is 23.1 Å². The Balaban J connectivity index is 1.73. The van der Waals surface area contributed by atoms with E-state index in [0.29, 0.717) is 16.4 Å². The lowest BCUT2D eigenvalue weighted by molar-refractivity contribution is 0.102. The number of aryl methyl sites for hydroxylation is 2. The molecule has 2 heterocycles. The maximum atomic E-state index is 12.5. The normalized spacial score (nSPS) is 10.7. The van der Waals surface area contributed by atoms with E-state index in [1.165, 1.54) is 11.3 Å². The lowest BCUT2D eigenvalue weighted by Crippen LogP contribution is -2.12. The smallest absolute Gasteiger partial charge is 0.258 e. The number of carbonyl (C=O) groups is 1. The van der Waals surface area contributed by atoms with Gasteiger partial charge in [0.05, 0.1) is 22.7 Å². The Morgan fingerprint density at radius 2 is 2.13 bits per heavy atom. The summed E-state index contributed by atoms with van der Waals surface area (Å²) in [5.41, 5.74) is 2.38. The summed E-state index contributed by atoms with van der Waals surface area (Å²) in [5, 5.41) is 9.23. The van der Waals surface area contributed by atoms with Gasteiger partial charge in [-0.3, -0.25) is 10.1 Å². The van der Waals surface area contributed by atoms with Gasteiger partial charge in [-0.1, -0.05) is 17.3 Å². The number of hydrogen-bond acceptors (Lipinski definition) is 6. The number of anilines is 1. The van der Waals surface area contributed by atoms with Crippen LogP contribution in [0.5, 0.6) is 0 Å². The average Bonchev–Trinajstić information content (AvgIpc) is 3.14. The second-order valence-electron chi connectivity index (χ2n) is 4.97. The van der Waals surface area contributed by atoms with Gasteiger partial charge in [-0.05, 0) is 26.0 Å². The number of nitrogens with one attached hydrogen (secondary N) is 1. The lowest BCUT2D eigenvalue weighted by Gasteiger charge is -2.07. The van der Waals surface area contributed by atoms with Gasteiger partial charge in [0.25, 0.3) is 5.91 Å². The molecule has 0 radical (unpaired) electrons. The van der Waals surface area contributed by atoms with Crippen molar-refractivity contribution >= 4 is 34.1 Å². The SMILES string of the molecule is Cc1cc(CSc2ccccc2C(=O)Nc2nc(C)cs2)on1. The molecule has 0 atom stereocenters. The third-order valence-corrected chi connectivity index (χ3v) is 4.99. The quantitative estimate of drug-likeness (QED) is 0.699. The van der Waals surface area contributed by atoms with Gasteiger partial charge in [-0.25, -0.2) is 4.98 Å². The number of thioether (sulfide) groups is 1. The number of nitrogens with zero attached hydrogens (tertiary/aromatic N) is 2. The van der Waals surface area contributed by atoms with E-state index in [9.17, 15) is 4.79 Å². The first-order valence-electron chi connectivity index (χ1n) is 6.99. The molecule has 0 aliphatic carbocycles. The summed E-state index contributed by atoms with van der Waals surface area (Å²) in [6.07, 6.45) is 0. The van der Waals surface area contributed by atoms with Crippen LogP contribution in [0.25, 0.3) is 0 Å². The highest BCUT2D eigenvalue weighted by Crippen LogP contribution is 2.27. The van der Waals surface area contributed by atoms with Crippen LogP contribution in [0, 0.1) is 13.8 Å². The highest BCUT2D eigenvalue weighted by Gasteiger charge is 2.14. The minimum Gasteiger partial charge on any atom is -0.360 e. The Kier molecular flexibility index (Phi) is 4.78. The van der Waals surface area contributed by atoms with E-state index in [4.69, 9.17) is 4.52 Å². The number of thiazole rings is 1. The van der Waals surface area contributed by atoms with Crippen molar-refractivity contribution in [1.82, 2.24) is 10.1 Å². The lowest BCUT2D eigenvalue weighted by atomic mass is 10.2. The van der Waals surface area contributed by atoms with Gasteiger partial charge in [-0.15, -0.1) is 23.1 Å². The third-order valence-electron chi connectivity index (χ3n) is 3.02. The summed E-state index contributed by atoms with van der Waals surface area (Å²) in [4.78, 5) is 17.6. The summed E-state index contributed by atoms with van der Waals surface area (Å²) in [6.45, 7) is 3.78. The summed E-state index contributed by atoms with van der Waals surface area (Å²) < 4.78 is 5.21. The molecule has 23 heavy (non-hydrogen) atoms. The molecule has 118 valence electrons. The largest absolute Gasteiger partial charge is 0.360 e. The number of amides is 1. The number of carbonyl (C=O) groups excluding carboxylic acids is 1. The number of benzene rings is 1. The van der Waals surface area contributed by atoms with Gasteiger partial charge in [-0.2, -0.15) is 0 Å². The number of hydrogen-bond donors (Lipinski definition) is 1. The topological polar surface area (TPSA) is 68.0 Å². The Labute approximate surface area is 142 Å². The molecular formula is C16H15N3O2S2. The maximum Gasteiger partial charge on any atom is 0.258 e. The zero-order valence-corrected chi connectivity index (χ0v) is 14.3. The molecule has 0 spiro atoms. The molecular weight excluding hydrogens is 330 g/mol. The Morgan fingerprint density at radius 1 is 1.30 bits per heavy atom. The fraction of sp³-hybridized carbons (Fsp3) is 0.188. The molecule has 0 saturated carbocycles. The van der Waals surface area contributed by atoms with E-state index in [-0.39, 0.29) is 5.91 Å². The van der Waals surface area contributed by atoms with Crippen LogP contribution in [0.2, 0.25) is 0 Å². The van der Waals surface area contributed by atoms with Crippen LogP contribution in [0.3, 0.4) is 0 Å². The minimum atomic E-state index is -0.156. The first-order valence-corrected chi connectivity index (χ1v) is 8.86. The molecule has 3 aromatic rings. The van der Waals surface area contributed by atoms with Crippen LogP contribution in [-0.4, -0.2) is 16.0 Å². The highest BCUT2D eigenvalue weighted by atomic mass is 32.2. The fourth-order valence-corrected chi connectivity index (χ4v) is 3.60. The third kappa shape index (κ3) is 4.00. The van der Waals surface area contributed by atoms with Crippen molar-refractivity contribution in [2.24, 2.45) is 0 Å². The summed E-state index contributed by atoms with van der Waals surface area (Å²) in [6, 6.07) is 9.40. The summed E-state index contributed by atoms with van der Waals surface area (Å²) in [7, 11) is 0. The predicted molar refractivity (Wildman–Crippen MR) is 92.0 cm³/mol. The van der Waals surface area contributed by atoms with Crippen LogP contribution in [0.4, 0.5) is 5.13 Å².